The minimum Gasteiger partial charge on any atom is -0.433 e. The van der Waals surface area contributed by atoms with Crippen LogP contribution in [-0.2, 0) is 4.79 Å². The number of nitrogens with one attached hydrogen (secondary N) is 1. The second-order valence-corrected chi connectivity index (χ2v) is 5.49. The Kier molecular flexibility index (Phi) is 6.12. The number of hydrogen-bond acceptors (Lipinski definition) is 3. The van der Waals surface area contributed by atoms with E-state index < -0.39 is 6.61 Å². The van der Waals surface area contributed by atoms with Gasteiger partial charge >= 0.3 is 6.61 Å². The van der Waals surface area contributed by atoms with E-state index in [4.69, 9.17) is 0 Å². The maximum absolute atomic E-state index is 12.4. The first kappa shape index (κ1) is 16.7. The molecule has 0 radical (unpaired) electrons. The lowest BCUT2D eigenvalue weighted by molar-refractivity contribution is -0.120. The molecule has 1 fully saturated rings. The Balaban J connectivity index is 2.01. The van der Waals surface area contributed by atoms with E-state index in [0.29, 0.717) is 0 Å². The van der Waals surface area contributed by atoms with Gasteiger partial charge in [-0.15, -0.1) is 0 Å². The van der Waals surface area contributed by atoms with Crippen LogP contribution >= 0.6 is 0 Å². The van der Waals surface area contributed by atoms with Gasteiger partial charge in [-0.2, -0.15) is 8.78 Å². The minimum atomic E-state index is -2.92. The number of alkyl halides is 2. The van der Waals surface area contributed by atoms with Crippen LogP contribution in [0.5, 0.6) is 5.75 Å². The zero-order chi connectivity index (χ0) is 15.9. The molecular formula is C16H22F2N2O2. The first-order valence-electron chi connectivity index (χ1n) is 7.66. The lowest BCUT2D eigenvalue weighted by Gasteiger charge is -2.26. The molecule has 4 nitrogen and oxygen atoms in total. The molecule has 1 aromatic rings. The Morgan fingerprint density at radius 3 is 2.45 bits per heavy atom. The maximum Gasteiger partial charge on any atom is 0.387 e. The van der Waals surface area contributed by atoms with Gasteiger partial charge in [0.25, 0.3) is 0 Å². The van der Waals surface area contributed by atoms with E-state index in [-0.39, 0.29) is 23.4 Å². The van der Waals surface area contributed by atoms with Crippen LogP contribution in [0.25, 0.3) is 0 Å². The van der Waals surface area contributed by atoms with Crippen molar-refractivity contribution in [1.82, 2.24) is 4.90 Å². The van der Waals surface area contributed by atoms with Crippen LogP contribution < -0.4 is 10.1 Å². The Labute approximate surface area is 129 Å². The number of likely N-dealkylation sites (tertiary alicyclic amines) is 1. The van der Waals surface area contributed by atoms with Gasteiger partial charge in [0.05, 0.1) is 11.7 Å². The third kappa shape index (κ3) is 4.66. The Bertz CT molecular complexity index is 489. The van der Waals surface area contributed by atoms with Gasteiger partial charge in [0.15, 0.2) is 0 Å². The molecular weight excluding hydrogens is 290 g/mol. The van der Waals surface area contributed by atoms with E-state index in [0.717, 1.165) is 25.9 Å². The summed E-state index contributed by atoms with van der Waals surface area (Å²) >= 11 is 0. The average molecular weight is 312 g/mol. The van der Waals surface area contributed by atoms with Gasteiger partial charge in [-0.3, -0.25) is 9.69 Å². The molecule has 0 bridgehead atoms. The Morgan fingerprint density at radius 2 is 1.82 bits per heavy atom. The zero-order valence-electron chi connectivity index (χ0n) is 12.7. The van der Waals surface area contributed by atoms with Crippen molar-refractivity contribution in [1.29, 1.82) is 0 Å². The fraction of sp³-hybridized carbons (Fsp3) is 0.562. The number of ether oxygens (including phenoxy) is 1. The van der Waals surface area contributed by atoms with Crippen LogP contribution in [0.2, 0.25) is 0 Å². The molecule has 2 rings (SSSR count). The van der Waals surface area contributed by atoms with E-state index in [2.05, 4.69) is 15.0 Å². The van der Waals surface area contributed by atoms with Gasteiger partial charge in [-0.1, -0.05) is 25.0 Å². The fourth-order valence-electron chi connectivity index (χ4n) is 2.65. The first-order valence-corrected chi connectivity index (χ1v) is 7.66. The van der Waals surface area contributed by atoms with Crippen molar-refractivity contribution in [2.45, 2.75) is 45.3 Å². The van der Waals surface area contributed by atoms with E-state index in [1.54, 1.807) is 18.2 Å². The SMILES string of the molecule is CC(C(=O)Nc1ccccc1OC(F)F)N1CCCCCC1. The fourth-order valence-corrected chi connectivity index (χ4v) is 2.65. The number of amides is 1. The highest BCUT2D eigenvalue weighted by Crippen LogP contribution is 2.26. The second kappa shape index (κ2) is 8.08. The summed E-state index contributed by atoms with van der Waals surface area (Å²) in [6.45, 7) is 0.714. The molecule has 0 saturated carbocycles. The molecule has 1 saturated heterocycles. The normalized spacial score (nSPS) is 17.8. The molecule has 1 aliphatic rings. The van der Waals surface area contributed by atoms with Crippen LogP contribution in [0.3, 0.4) is 0 Å². The van der Waals surface area contributed by atoms with Crippen molar-refractivity contribution >= 4 is 11.6 Å². The predicted molar refractivity (Wildman–Crippen MR) is 81.2 cm³/mol. The third-order valence-electron chi connectivity index (χ3n) is 3.93. The number of hydrogen-bond donors (Lipinski definition) is 1. The molecule has 1 aromatic carbocycles. The molecule has 0 aliphatic carbocycles. The lowest BCUT2D eigenvalue weighted by atomic mass is 10.2. The van der Waals surface area contributed by atoms with Crippen LogP contribution in [-0.4, -0.2) is 36.5 Å². The standard InChI is InChI=1S/C16H22F2N2O2/c1-12(20-10-6-2-3-7-11-20)15(21)19-13-8-4-5-9-14(13)22-16(17)18/h4-5,8-9,12,16H,2-3,6-7,10-11H2,1H3,(H,19,21). The molecule has 6 heteroatoms. The lowest BCUT2D eigenvalue weighted by Crippen LogP contribution is -2.42. The number of halogens is 2. The van der Waals surface area contributed by atoms with Gasteiger partial charge in [0.1, 0.15) is 5.75 Å². The molecule has 0 aromatic heterocycles. The van der Waals surface area contributed by atoms with Crippen molar-refractivity contribution in [2.75, 3.05) is 18.4 Å². The third-order valence-corrected chi connectivity index (χ3v) is 3.93. The van der Waals surface area contributed by atoms with Crippen molar-refractivity contribution in [2.24, 2.45) is 0 Å². The minimum absolute atomic E-state index is 0.0195. The van der Waals surface area contributed by atoms with Gasteiger partial charge in [0, 0.05) is 0 Å². The van der Waals surface area contributed by atoms with E-state index in [1.165, 1.54) is 18.9 Å². The van der Waals surface area contributed by atoms with Gasteiger partial charge < -0.3 is 10.1 Å². The van der Waals surface area contributed by atoms with Gasteiger partial charge in [-0.05, 0) is 45.0 Å². The Hall–Kier alpha value is -1.69. The summed E-state index contributed by atoms with van der Waals surface area (Å²) in [6.07, 6.45) is 4.55. The smallest absolute Gasteiger partial charge is 0.387 e. The molecule has 1 heterocycles. The molecule has 1 N–H and O–H groups in total. The second-order valence-electron chi connectivity index (χ2n) is 5.49. The van der Waals surface area contributed by atoms with E-state index in [9.17, 15) is 13.6 Å². The number of para-hydroxylation sites is 2. The average Bonchev–Trinajstić information content (AvgIpc) is 2.77. The molecule has 122 valence electrons. The van der Waals surface area contributed by atoms with Crippen molar-refractivity contribution < 1.29 is 18.3 Å². The maximum atomic E-state index is 12.4. The highest BCUT2D eigenvalue weighted by Gasteiger charge is 2.23. The molecule has 0 spiro atoms. The largest absolute Gasteiger partial charge is 0.433 e. The summed E-state index contributed by atoms with van der Waals surface area (Å²) in [5.41, 5.74) is 0.273. The molecule has 1 aliphatic heterocycles. The van der Waals surface area contributed by atoms with Crippen LogP contribution in [0.15, 0.2) is 24.3 Å². The van der Waals surface area contributed by atoms with Crippen LogP contribution in [0.4, 0.5) is 14.5 Å². The summed E-state index contributed by atoms with van der Waals surface area (Å²) in [7, 11) is 0. The van der Waals surface area contributed by atoms with Gasteiger partial charge in [0.2, 0.25) is 5.91 Å². The van der Waals surface area contributed by atoms with Crippen molar-refractivity contribution in [3.63, 3.8) is 0 Å². The summed E-state index contributed by atoms with van der Waals surface area (Å²) in [5, 5.41) is 2.69. The number of nitrogens with zero attached hydrogens (tertiary/aromatic N) is 1. The number of carbonyl (C=O) groups is 1. The Morgan fingerprint density at radius 1 is 1.18 bits per heavy atom. The molecule has 1 unspecified atom stereocenters. The quantitative estimate of drug-likeness (QED) is 0.905. The van der Waals surface area contributed by atoms with E-state index >= 15 is 0 Å². The van der Waals surface area contributed by atoms with Crippen LogP contribution in [0, 0.1) is 0 Å². The van der Waals surface area contributed by atoms with Crippen molar-refractivity contribution in [3.05, 3.63) is 24.3 Å². The molecule has 1 atom stereocenters. The number of rotatable bonds is 5. The zero-order valence-corrected chi connectivity index (χ0v) is 12.7. The monoisotopic (exact) mass is 312 g/mol. The van der Waals surface area contributed by atoms with Crippen LogP contribution in [0.1, 0.15) is 32.6 Å². The molecule has 1 amide bonds. The highest BCUT2D eigenvalue weighted by atomic mass is 19.3. The first-order chi connectivity index (χ1) is 10.6. The summed E-state index contributed by atoms with van der Waals surface area (Å²) < 4.78 is 29.2. The molecule has 22 heavy (non-hydrogen) atoms. The van der Waals surface area contributed by atoms with E-state index in [1.807, 2.05) is 6.92 Å². The summed E-state index contributed by atoms with van der Waals surface area (Å²) in [6, 6.07) is 5.94. The number of carbonyl (C=O) groups excluding carboxylic acids is 1. The summed E-state index contributed by atoms with van der Waals surface area (Å²) in [5.74, 6) is -0.221. The van der Waals surface area contributed by atoms with Gasteiger partial charge in [-0.25, -0.2) is 0 Å². The summed E-state index contributed by atoms with van der Waals surface area (Å²) in [4.78, 5) is 14.5. The predicted octanol–water partition coefficient (Wildman–Crippen LogP) is 3.49. The van der Waals surface area contributed by atoms with Crippen molar-refractivity contribution in [3.8, 4) is 5.75 Å². The topological polar surface area (TPSA) is 41.6 Å². The highest BCUT2D eigenvalue weighted by molar-refractivity contribution is 5.95. The number of benzene rings is 1. The number of anilines is 1.